The van der Waals surface area contributed by atoms with Crippen molar-refractivity contribution in [1.82, 2.24) is 5.32 Å². The van der Waals surface area contributed by atoms with Crippen LogP contribution >= 0.6 is 0 Å². The monoisotopic (exact) mass is 253 g/mol. The predicted octanol–water partition coefficient (Wildman–Crippen LogP) is 4.20. The van der Waals surface area contributed by atoms with Gasteiger partial charge in [-0.2, -0.15) is 0 Å². The van der Waals surface area contributed by atoms with Crippen molar-refractivity contribution < 1.29 is 8.78 Å². The van der Waals surface area contributed by atoms with Gasteiger partial charge in [-0.1, -0.05) is 19.8 Å². The Bertz CT molecular complexity index is 411. The van der Waals surface area contributed by atoms with Gasteiger partial charge in [-0.15, -0.1) is 0 Å². The second-order valence-electron chi connectivity index (χ2n) is 5.79. The van der Waals surface area contributed by atoms with Gasteiger partial charge < -0.3 is 5.32 Å². The number of halogens is 2. The van der Waals surface area contributed by atoms with Crippen molar-refractivity contribution in [1.29, 1.82) is 0 Å². The maximum absolute atomic E-state index is 13.6. The van der Waals surface area contributed by atoms with Crippen LogP contribution in [0.4, 0.5) is 8.78 Å². The molecule has 1 aromatic rings. The van der Waals surface area contributed by atoms with E-state index in [-0.39, 0.29) is 17.7 Å². The highest BCUT2D eigenvalue weighted by molar-refractivity contribution is 5.21. The standard InChI is InChI=1S/C15H21F2N/c1-11(13-9-12(16)5-6-14(13)17)18-10-15(2)7-3-4-8-15/h5-6,9,11,18H,3-4,7-8,10H2,1-2H3. The molecule has 0 spiro atoms. The topological polar surface area (TPSA) is 12.0 Å². The molecule has 18 heavy (non-hydrogen) atoms. The Labute approximate surface area is 108 Å². The highest BCUT2D eigenvalue weighted by Gasteiger charge is 2.28. The van der Waals surface area contributed by atoms with Gasteiger partial charge >= 0.3 is 0 Å². The minimum atomic E-state index is -0.382. The van der Waals surface area contributed by atoms with Crippen LogP contribution in [0.2, 0.25) is 0 Å². The highest BCUT2D eigenvalue weighted by atomic mass is 19.1. The van der Waals surface area contributed by atoms with Crippen LogP contribution in [0.15, 0.2) is 18.2 Å². The fraction of sp³-hybridized carbons (Fsp3) is 0.600. The smallest absolute Gasteiger partial charge is 0.128 e. The number of rotatable bonds is 4. The summed E-state index contributed by atoms with van der Waals surface area (Å²) in [6, 6.07) is 3.48. The molecule has 1 N–H and O–H groups in total. The third-order valence-corrected chi connectivity index (χ3v) is 4.07. The molecule has 1 saturated carbocycles. The molecule has 1 fully saturated rings. The van der Waals surface area contributed by atoms with E-state index in [2.05, 4.69) is 12.2 Å². The Morgan fingerprint density at radius 1 is 1.28 bits per heavy atom. The third-order valence-electron chi connectivity index (χ3n) is 4.07. The number of benzene rings is 1. The molecule has 0 amide bonds. The summed E-state index contributed by atoms with van der Waals surface area (Å²) in [5, 5.41) is 3.34. The van der Waals surface area contributed by atoms with Gasteiger partial charge in [0.2, 0.25) is 0 Å². The molecule has 3 heteroatoms. The lowest BCUT2D eigenvalue weighted by Crippen LogP contribution is -2.31. The van der Waals surface area contributed by atoms with Crippen molar-refractivity contribution in [2.75, 3.05) is 6.54 Å². The van der Waals surface area contributed by atoms with E-state index in [9.17, 15) is 8.78 Å². The van der Waals surface area contributed by atoms with Crippen LogP contribution in [0.3, 0.4) is 0 Å². The summed E-state index contributed by atoms with van der Waals surface area (Å²) >= 11 is 0. The van der Waals surface area contributed by atoms with E-state index in [0.717, 1.165) is 12.6 Å². The molecule has 0 radical (unpaired) electrons. The van der Waals surface area contributed by atoms with E-state index < -0.39 is 0 Å². The number of nitrogens with one attached hydrogen (secondary N) is 1. The molecule has 1 atom stereocenters. The summed E-state index contributed by atoms with van der Waals surface area (Å²) in [5.74, 6) is -0.722. The average Bonchev–Trinajstić information content (AvgIpc) is 2.77. The van der Waals surface area contributed by atoms with Crippen LogP contribution in [0.25, 0.3) is 0 Å². The Balaban J connectivity index is 1.99. The van der Waals surface area contributed by atoms with Gasteiger partial charge in [-0.05, 0) is 43.4 Å². The summed E-state index contributed by atoms with van der Waals surface area (Å²) in [6.07, 6.45) is 5.00. The molecule has 0 bridgehead atoms. The molecule has 1 aliphatic carbocycles. The molecular formula is C15H21F2N. The van der Waals surface area contributed by atoms with Gasteiger partial charge in [-0.25, -0.2) is 8.78 Å². The second-order valence-corrected chi connectivity index (χ2v) is 5.79. The first kappa shape index (κ1) is 13.5. The maximum atomic E-state index is 13.6. The summed E-state index contributed by atoms with van der Waals surface area (Å²) < 4.78 is 26.7. The van der Waals surface area contributed by atoms with Crippen LogP contribution in [-0.4, -0.2) is 6.54 Å². The van der Waals surface area contributed by atoms with E-state index in [4.69, 9.17) is 0 Å². The molecule has 0 aromatic heterocycles. The van der Waals surface area contributed by atoms with E-state index >= 15 is 0 Å². The molecule has 1 nitrogen and oxygen atoms in total. The van der Waals surface area contributed by atoms with Gasteiger partial charge in [-0.3, -0.25) is 0 Å². The summed E-state index contributed by atoms with van der Waals surface area (Å²) in [7, 11) is 0. The van der Waals surface area contributed by atoms with Crippen molar-refractivity contribution >= 4 is 0 Å². The zero-order valence-electron chi connectivity index (χ0n) is 11.1. The maximum Gasteiger partial charge on any atom is 0.128 e. The van der Waals surface area contributed by atoms with Crippen LogP contribution < -0.4 is 5.32 Å². The first-order chi connectivity index (χ1) is 8.50. The lowest BCUT2D eigenvalue weighted by molar-refractivity contribution is 0.300. The fourth-order valence-corrected chi connectivity index (χ4v) is 2.76. The van der Waals surface area contributed by atoms with Crippen LogP contribution in [0, 0.1) is 17.0 Å². The van der Waals surface area contributed by atoms with Gasteiger partial charge in [0.15, 0.2) is 0 Å². The average molecular weight is 253 g/mol. The van der Waals surface area contributed by atoms with E-state index in [1.807, 2.05) is 6.92 Å². The summed E-state index contributed by atoms with van der Waals surface area (Å²) in [5.41, 5.74) is 0.731. The van der Waals surface area contributed by atoms with Gasteiger partial charge in [0.25, 0.3) is 0 Å². The lowest BCUT2D eigenvalue weighted by Gasteiger charge is -2.26. The SMILES string of the molecule is CC(NCC1(C)CCCC1)c1cc(F)ccc1F. The van der Waals surface area contributed by atoms with Crippen LogP contribution in [-0.2, 0) is 0 Å². The molecule has 1 aliphatic rings. The molecule has 1 unspecified atom stereocenters. The van der Waals surface area contributed by atoms with Crippen molar-refractivity contribution in [3.8, 4) is 0 Å². The molecule has 1 aromatic carbocycles. The largest absolute Gasteiger partial charge is 0.310 e. The zero-order chi connectivity index (χ0) is 13.2. The number of hydrogen-bond donors (Lipinski definition) is 1. The first-order valence-electron chi connectivity index (χ1n) is 6.68. The Morgan fingerprint density at radius 2 is 1.94 bits per heavy atom. The van der Waals surface area contributed by atoms with Gasteiger partial charge in [0, 0.05) is 18.2 Å². The number of hydrogen-bond acceptors (Lipinski definition) is 1. The second kappa shape index (κ2) is 5.35. The Morgan fingerprint density at radius 3 is 2.61 bits per heavy atom. The Hall–Kier alpha value is -0.960. The van der Waals surface area contributed by atoms with Crippen LogP contribution in [0.5, 0.6) is 0 Å². The quantitative estimate of drug-likeness (QED) is 0.848. The normalized spacial score (nSPS) is 20.0. The van der Waals surface area contributed by atoms with Crippen LogP contribution in [0.1, 0.15) is 51.1 Å². The van der Waals surface area contributed by atoms with Gasteiger partial charge in [0.1, 0.15) is 11.6 Å². The predicted molar refractivity (Wildman–Crippen MR) is 69.4 cm³/mol. The van der Waals surface area contributed by atoms with E-state index in [1.54, 1.807) is 0 Å². The van der Waals surface area contributed by atoms with Crippen molar-refractivity contribution in [2.24, 2.45) is 5.41 Å². The molecule has 0 heterocycles. The molecule has 0 aliphatic heterocycles. The highest BCUT2D eigenvalue weighted by Crippen LogP contribution is 2.37. The molecule has 2 rings (SSSR count). The van der Waals surface area contributed by atoms with Crippen molar-refractivity contribution in [3.63, 3.8) is 0 Å². The van der Waals surface area contributed by atoms with E-state index in [0.29, 0.717) is 11.0 Å². The van der Waals surface area contributed by atoms with Crippen molar-refractivity contribution in [2.45, 2.75) is 45.6 Å². The zero-order valence-corrected chi connectivity index (χ0v) is 11.1. The fourth-order valence-electron chi connectivity index (χ4n) is 2.76. The van der Waals surface area contributed by atoms with Crippen molar-refractivity contribution in [3.05, 3.63) is 35.4 Å². The molecule has 100 valence electrons. The summed E-state index contributed by atoms with van der Waals surface area (Å²) in [6.45, 7) is 5.02. The summed E-state index contributed by atoms with van der Waals surface area (Å²) in [4.78, 5) is 0. The van der Waals surface area contributed by atoms with E-state index in [1.165, 1.54) is 37.8 Å². The minimum Gasteiger partial charge on any atom is -0.310 e. The molecule has 0 saturated heterocycles. The lowest BCUT2D eigenvalue weighted by atomic mass is 9.88. The first-order valence-corrected chi connectivity index (χ1v) is 6.68. The minimum absolute atomic E-state index is 0.155. The third kappa shape index (κ3) is 3.08. The Kier molecular flexibility index (Phi) is 4.00. The molecular weight excluding hydrogens is 232 g/mol. The van der Waals surface area contributed by atoms with Gasteiger partial charge in [0.05, 0.1) is 0 Å².